The first-order chi connectivity index (χ1) is 11.8. The third kappa shape index (κ3) is 3.51. The fraction of sp³-hybridized carbons (Fsp3) is 0.389. The predicted molar refractivity (Wildman–Crippen MR) is 92.3 cm³/mol. The zero-order valence-electron chi connectivity index (χ0n) is 13.9. The van der Waals surface area contributed by atoms with Crippen molar-refractivity contribution < 1.29 is 17.2 Å². The number of hydrogen-bond acceptors (Lipinski definition) is 4. The Balaban J connectivity index is 1.96. The maximum Gasteiger partial charge on any atom is 0.179 e. The number of rotatable bonds is 5. The van der Waals surface area contributed by atoms with Crippen LogP contribution in [0.4, 0.5) is 14.6 Å². The molecule has 0 amide bonds. The van der Waals surface area contributed by atoms with Gasteiger partial charge in [0.2, 0.25) is 0 Å². The SMILES string of the molecule is CS(=O)(=O)c1cccnc1NCC1(c2c(F)cccc2F)CCCC1. The third-order valence-electron chi connectivity index (χ3n) is 4.82. The van der Waals surface area contributed by atoms with Gasteiger partial charge in [-0.3, -0.25) is 0 Å². The van der Waals surface area contributed by atoms with Crippen LogP contribution in [0, 0.1) is 11.6 Å². The van der Waals surface area contributed by atoms with Gasteiger partial charge in [-0.05, 0) is 37.1 Å². The topological polar surface area (TPSA) is 59.1 Å². The van der Waals surface area contributed by atoms with E-state index < -0.39 is 26.9 Å². The summed E-state index contributed by atoms with van der Waals surface area (Å²) in [6.45, 7) is 0.227. The van der Waals surface area contributed by atoms with Gasteiger partial charge >= 0.3 is 0 Å². The lowest BCUT2D eigenvalue weighted by Gasteiger charge is -2.31. The zero-order valence-corrected chi connectivity index (χ0v) is 14.7. The van der Waals surface area contributed by atoms with E-state index in [0.717, 1.165) is 19.1 Å². The van der Waals surface area contributed by atoms with Crippen LogP contribution in [0.2, 0.25) is 0 Å². The summed E-state index contributed by atoms with van der Waals surface area (Å²) < 4.78 is 52.5. The maximum atomic E-state index is 14.4. The number of aromatic nitrogens is 1. The molecular formula is C18H20F2N2O2S. The summed E-state index contributed by atoms with van der Waals surface area (Å²) in [4.78, 5) is 4.18. The van der Waals surface area contributed by atoms with E-state index in [4.69, 9.17) is 0 Å². The fourth-order valence-corrected chi connectivity index (χ4v) is 4.45. The van der Waals surface area contributed by atoms with Gasteiger partial charge in [0.15, 0.2) is 9.84 Å². The highest BCUT2D eigenvalue weighted by molar-refractivity contribution is 7.90. The molecule has 1 fully saturated rings. The van der Waals surface area contributed by atoms with Crippen LogP contribution < -0.4 is 5.32 Å². The largest absolute Gasteiger partial charge is 0.368 e. The van der Waals surface area contributed by atoms with Crippen LogP contribution >= 0.6 is 0 Å². The molecule has 0 radical (unpaired) electrons. The van der Waals surface area contributed by atoms with E-state index in [2.05, 4.69) is 10.3 Å². The summed E-state index contributed by atoms with van der Waals surface area (Å²) in [5.41, 5.74) is -0.626. The minimum absolute atomic E-state index is 0.0804. The Morgan fingerprint density at radius 2 is 1.76 bits per heavy atom. The average Bonchev–Trinajstić information content (AvgIpc) is 3.02. The molecule has 25 heavy (non-hydrogen) atoms. The van der Waals surface area contributed by atoms with E-state index in [-0.39, 0.29) is 22.8 Å². The highest BCUT2D eigenvalue weighted by atomic mass is 32.2. The summed E-state index contributed by atoms with van der Waals surface area (Å²) in [6, 6.07) is 6.90. The molecule has 0 aliphatic heterocycles. The van der Waals surface area contributed by atoms with E-state index in [1.807, 2.05) is 0 Å². The number of anilines is 1. The number of hydrogen-bond donors (Lipinski definition) is 1. The minimum atomic E-state index is -3.45. The van der Waals surface area contributed by atoms with Crippen molar-refractivity contribution in [1.82, 2.24) is 4.98 Å². The summed E-state index contributed by atoms with van der Waals surface area (Å²) in [5.74, 6) is -0.908. The highest BCUT2D eigenvalue weighted by Gasteiger charge is 2.40. The first-order valence-corrected chi connectivity index (χ1v) is 10.1. The number of sulfone groups is 1. The van der Waals surface area contributed by atoms with Crippen molar-refractivity contribution in [2.75, 3.05) is 18.1 Å². The molecule has 1 aliphatic carbocycles. The Bertz CT molecular complexity index is 858. The van der Waals surface area contributed by atoms with E-state index in [1.54, 1.807) is 6.07 Å². The quantitative estimate of drug-likeness (QED) is 0.877. The highest BCUT2D eigenvalue weighted by Crippen LogP contribution is 2.43. The van der Waals surface area contributed by atoms with Crippen LogP contribution in [0.25, 0.3) is 0 Å². The maximum absolute atomic E-state index is 14.4. The van der Waals surface area contributed by atoms with Gasteiger partial charge in [0.25, 0.3) is 0 Å². The van der Waals surface area contributed by atoms with Crippen molar-refractivity contribution in [3.8, 4) is 0 Å². The summed E-state index contributed by atoms with van der Waals surface area (Å²) in [7, 11) is -3.45. The molecule has 1 saturated carbocycles. The Labute approximate surface area is 146 Å². The fourth-order valence-electron chi connectivity index (χ4n) is 3.65. The van der Waals surface area contributed by atoms with E-state index in [1.165, 1.54) is 30.5 Å². The Hall–Kier alpha value is -2.02. The summed E-state index contributed by atoms with van der Waals surface area (Å²) in [6.07, 6.45) is 5.62. The van der Waals surface area contributed by atoms with Crippen LogP contribution in [0.1, 0.15) is 31.2 Å². The second-order valence-electron chi connectivity index (χ2n) is 6.56. The minimum Gasteiger partial charge on any atom is -0.368 e. The lowest BCUT2D eigenvalue weighted by molar-refractivity contribution is 0.409. The number of nitrogens with zero attached hydrogens (tertiary/aromatic N) is 1. The summed E-state index contributed by atoms with van der Waals surface area (Å²) in [5, 5.41) is 3.03. The van der Waals surface area contributed by atoms with Gasteiger partial charge < -0.3 is 5.32 Å². The molecule has 1 aromatic carbocycles. The van der Waals surface area contributed by atoms with E-state index in [9.17, 15) is 17.2 Å². The van der Waals surface area contributed by atoms with E-state index >= 15 is 0 Å². The molecule has 134 valence electrons. The second kappa shape index (κ2) is 6.71. The first kappa shape index (κ1) is 17.8. The molecule has 0 bridgehead atoms. The second-order valence-corrected chi connectivity index (χ2v) is 8.54. The van der Waals surface area contributed by atoms with Gasteiger partial charge in [-0.15, -0.1) is 0 Å². The number of halogens is 2. The van der Waals surface area contributed by atoms with Crippen LogP contribution in [0.15, 0.2) is 41.4 Å². The Kier molecular flexibility index (Phi) is 4.77. The van der Waals surface area contributed by atoms with Crippen molar-refractivity contribution in [2.24, 2.45) is 0 Å². The van der Waals surface area contributed by atoms with Crippen LogP contribution in [-0.2, 0) is 15.3 Å². The molecule has 0 saturated heterocycles. The third-order valence-corrected chi connectivity index (χ3v) is 5.95. The molecule has 1 heterocycles. The molecule has 0 atom stereocenters. The van der Waals surface area contributed by atoms with Gasteiger partial charge in [0.05, 0.1) is 0 Å². The number of benzene rings is 1. The Morgan fingerprint density at radius 3 is 2.36 bits per heavy atom. The van der Waals surface area contributed by atoms with Crippen molar-refractivity contribution in [2.45, 2.75) is 36.0 Å². The van der Waals surface area contributed by atoms with Crippen molar-refractivity contribution >= 4 is 15.7 Å². The van der Waals surface area contributed by atoms with Gasteiger partial charge in [-0.25, -0.2) is 22.2 Å². The number of nitrogens with one attached hydrogen (secondary N) is 1. The van der Waals surface area contributed by atoms with Gasteiger partial charge in [0, 0.05) is 30.0 Å². The van der Waals surface area contributed by atoms with E-state index in [0.29, 0.717) is 12.8 Å². The molecule has 0 spiro atoms. The molecule has 1 aliphatic rings. The normalized spacial score (nSPS) is 16.8. The molecule has 3 rings (SSSR count). The molecule has 1 aromatic heterocycles. The summed E-state index contributed by atoms with van der Waals surface area (Å²) >= 11 is 0. The smallest absolute Gasteiger partial charge is 0.179 e. The van der Waals surface area contributed by atoms with Crippen molar-refractivity contribution in [1.29, 1.82) is 0 Å². The predicted octanol–water partition coefficient (Wildman–Crippen LogP) is 3.69. The van der Waals surface area contributed by atoms with Crippen LogP contribution in [-0.4, -0.2) is 26.2 Å². The lowest BCUT2D eigenvalue weighted by Crippen LogP contribution is -2.34. The van der Waals surface area contributed by atoms with Crippen molar-refractivity contribution in [3.05, 3.63) is 53.7 Å². The average molecular weight is 366 g/mol. The van der Waals surface area contributed by atoms with Crippen LogP contribution in [0.5, 0.6) is 0 Å². The van der Waals surface area contributed by atoms with Gasteiger partial charge in [-0.1, -0.05) is 18.9 Å². The molecule has 4 nitrogen and oxygen atoms in total. The zero-order chi connectivity index (χ0) is 18.1. The van der Waals surface area contributed by atoms with Gasteiger partial charge in [0.1, 0.15) is 22.3 Å². The molecule has 0 unspecified atom stereocenters. The monoisotopic (exact) mass is 366 g/mol. The number of pyridine rings is 1. The lowest BCUT2D eigenvalue weighted by atomic mass is 9.78. The van der Waals surface area contributed by atoms with Crippen LogP contribution in [0.3, 0.4) is 0 Å². The molecule has 7 heteroatoms. The van der Waals surface area contributed by atoms with Gasteiger partial charge in [-0.2, -0.15) is 0 Å². The first-order valence-electron chi connectivity index (χ1n) is 8.17. The Morgan fingerprint density at radius 1 is 1.12 bits per heavy atom. The standard InChI is InChI=1S/C18H20F2N2O2S/c1-25(23,24)15-8-5-11-21-17(15)22-12-18(9-2-3-10-18)16-13(19)6-4-7-14(16)20/h4-8,11H,2-3,9-10,12H2,1H3,(H,21,22). The van der Waals surface area contributed by atoms with Crippen molar-refractivity contribution in [3.63, 3.8) is 0 Å². The molecule has 1 N–H and O–H groups in total. The molecular weight excluding hydrogens is 346 g/mol. The molecule has 2 aromatic rings.